The highest BCUT2D eigenvalue weighted by atomic mass is 35.5. The van der Waals surface area contributed by atoms with Crippen molar-refractivity contribution in [1.82, 2.24) is 0 Å². The summed E-state index contributed by atoms with van der Waals surface area (Å²) in [5, 5.41) is 12.2. The van der Waals surface area contributed by atoms with Crippen LogP contribution in [0.3, 0.4) is 0 Å². The van der Waals surface area contributed by atoms with E-state index in [2.05, 4.69) is 11.4 Å². The molecule has 0 aromatic heterocycles. The van der Waals surface area contributed by atoms with E-state index in [1.54, 1.807) is 23.9 Å². The number of hydrogen-bond acceptors (Lipinski definition) is 4. The number of amides is 1. The minimum absolute atomic E-state index is 0.221. The van der Waals surface area contributed by atoms with Crippen LogP contribution in [-0.4, -0.2) is 18.3 Å². The van der Waals surface area contributed by atoms with E-state index in [0.717, 1.165) is 27.5 Å². The molecule has 6 heteroatoms. The van der Waals surface area contributed by atoms with Crippen LogP contribution in [0.25, 0.3) is 6.08 Å². The lowest BCUT2D eigenvalue weighted by atomic mass is 10.1. The summed E-state index contributed by atoms with van der Waals surface area (Å²) in [7, 11) is 0. The fourth-order valence-electron chi connectivity index (χ4n) is 2.52. The van der Waals surface area contributed by atoms with Crippen molar-refractivity contribution in [3.63, 3.8) is 0 Å². The summed E-state index contributed by atoms with van der Waals surface area (Å²) in [6.07, 6.45) is 5.65. The van der Waals surface area contributed by atoms with Crippen molar-refractivity contribution >= 4 is 41.0 Å². The van der Waals surface area contributed by atoms with Gasteiger partial charge in [0.2, 0.25) is 5.91 Å². The van der Waals surface area contributed by atoms with Crippen molar-refractivity contribution in [2.24, 2.45) is 0 Å². The van der Waals surface area contributed by atoms with Crippen molar-refractivity contribution in [2.75, 3.05) is 17.7 Å². The first kappa shape index (κ1) is 19.1. The molecule has 4 nitrogen and oxygen atoms in total. The number of rotatable bonds is 6. The zero-order chi connectivity index (χ0) is 19.1. The fraction of sp³-hybridized carbons (Fsp3) is 0.143. The fourth-order valence-corrected chi connectivity index (χ4v) is 3.56. The van der Waals surface area contributed by atoms with Crippen molar-refractivity contribution in [3.8, 4) is 11.8 Å². The van der Waals surface area contributed by atoms with Gasteiger partial charge in [0.25, 0.3) is 0 Å². The summed E-state index contributed by atoms with van der Waals surface area (Å²) >= 11 is 7.56. The minimum atomic E-state index is -0.221. The van der Waals surface area contributed by atoms with Crippen molar-refractivity contribution in [1.29, 1.82) is 5.26 Å². The zero-order valence-electron chi connectivity index (χ0n) is 14.4. The lowest BCUT2D eigenvalue weighted by Crippen LogP contribution is -2.10. The number of halogens is 1. The van der Waals surface area contributed by atoms with Gasteiger partial charge in [0.15, 0.2) is 0 Å². The normalized spacial score (nSPS) is 12.7. The van der Waals surface area contributed by atoms with E-state index in [0.29, 0.717) is 23.8 Å². The highest BCUT2D eigenvalue weighted by molar-refractivity contribution is 7.99. The van der Waals surface area contributed by atoms with Crippen LogP contribution in [-0.2, 0) is 4.79 Å². The third-order valence-corrected chi connectivity index (χ3v) is 5.08. The number of nitrogens with one attached hydrogen (secondary N) is 1. The topological polar surface area (TPSA) is 62.1 Å². The Balaban J connectivity index is 1.66. The monoisotopic (exact) mass is 396 g/mol. The molecule has 0 saturated heterocycles. The molecular weight excluding hydrogens is 380 g/mol. The Hall–Kier alpha value is -2.68. The van der Waals surface area contributed by atoms with E-state index in [9.17, 15) is 4.79 Å². The Morgan fingerprint density at radius 2 is 2.19 bits per heavy atom. The number of carbonyl (C=O) groups excluding carboxylic acids is 1. The van der Waals surface area contributed by atoms with Gasteiger partial charge in [-0.2, -0.15) is 5.26 Å². The first-order chi connectivity index (χ1) is 13.2. The van der Waals surface area contributed by atoms with Gasteiger partial charge in [0, 0.05) is 33.7 Å². The summed E-state index contributed by atoms with van der Waals surface area (Å²) in [6.45, 7) is 0.402. The standard InChI is InChI=1S/C21H17ClN2O2S/c22-17-7-8-19-16(13-17)12-15(14-26-19)6-9-21(25)24-18-4-1-2-5-20(18)27-11-3-10-23/h1-2,4-9,12-13H,3,11,14H2,(H,24,25). The van der Waals surface area contributed by atoms with Crippen molar-refractivity contribution in [3.05, 3.63) is 70.8 Å². The molecule has 0 aliphatic carbocycles. The van der Waals surface area contributed by atoms with Crippen LogP contribution in [0.4, 0.5) is 5.69 Å². The van der Waals surface area contributed by atoms with Gasteiger partial charge in [0.05, 0.1) is 11.8 Å². The van der Waals surface area contributed by atoms with Gasteiger partial charge in [-0.1, -0.05) is 29.8 Å². The van der Waals surface area contributed by atoms with Crippen LogP contribution in [0.5, 0.6) is 5.75 Å². The molecule has 1 aliphatic rings. The molecule has 0 unspecified atom stereocenters. The van der Waals surface area contributed by atoms with Crippen molar-refractivity contribution < 1.29 is 9.53 Å². The smallest absolute Gasteiger partial charge is 0.248 e. The lowest BCUT2D eigenvalue weighted by molar-refractivity contribution is -0.111. The molecule has 2 aromatic rings. The second-order valence-corrected chi connectivity index (χ2v) is 7.34. The van der Waals surface area contributed by atoms with Gasteiger partial charge in [0.1, 0.15) is 12.4 Å². The highest BCUT2D eigenvalue weighted by Crippen LogP contribution is 2.30. The molecule has 1 N–H and O–H groups in total. The van der Waals surface area contributed by atoms with Gasteiger partial charge >= 0.3 is 0 Å². The van der Waals surface area contributed by atoms with E-state index < -0.39 is 0 Å². The number of ether oxygens (including phenoxy) is 1. The predicted octanol–water partition coefficient (Wildman–Crippen LogP) is 5.32. The first-order valence-electron chi connectivity index (χ1n) is 8.36. The molecule has 136 valence electrons. The molecule has 1 aliphatic heterocycles. The van der Waals surface area contributed by atoms with E-state index in [1.807, 2.05) is 42.5 Å². The number of benzene rings is 2. The molecule has 0 fully saturated rings. The van der Waals surface area contributed by atoms with E-state index in [-0.39, 0.29) is 5.91 Å². The molecule has 0 bridgehead atoms. The Morgan fingerprint density at radius 1 is 1.33 bits per heavy atom. The second kappa shape index (κ2) is 9.31. The number of fused-ring (bicyclic) bond motifs is 1. The van der Waals surface area contributed by atoms with Gasteiger partial charge in [-0.05, 0) is 42.0 Å². The SMILES string of the molecule is N#CCCSc1ccccc1NC(=O)C=CC1=Cc2cc(Cl)ccc2OC1. The molecule has 0 spiro atoms. The number of thioether (sulfide) groups is 1. The largest absolute Gasteiger partial charge is 0.488 e. The average Bonchev–Trinajstić information content (AvgIpc) is 2.67. The molecule has 3 rings (SSSR count). The van der Waals surface area contributed by atoms with Crippen LogP contribution < -0.4 is 10.1 Å². The zero-order valence-corrected chi connectivity index (χ0v) is 16.0. The number of para-hydroxylation sites is 1. The van der Waals surface area contributed by atoms with Gasteiger partial charge < -0.3 is 10.1 Å². The number of carbonyl (C=O) groups is 1. The quantitative estimate of drug-likeness (QED) is 0.408. The Bertz CT molecular complexity index is 947. The maximum Gasteiger partial charge on any atom is 0.248 e. The lowest BCUT2D eigenvalue weighted by Gasteiger charge is -2.16. The summed E-state index contributed by atoms with van der Waals surface area (Å²) in [6, 6.07) is 15.1. The minimum Gasteiger partial charge on any atom is -0.488 e. The van der Waals surface area contributed by atoms with Crippen LogP contribution in [0, 0.1) is 11.3 Å². The van der Waals surface area contributed by atoms with Gasteiger partial charge in [-0.25, -0.2) is 0 Å². The molecule has 0 radical (unpaired) electrons. The molecule has 2 aromatic carbocycles. The third-order valence-electron chi connectivity index (χ3n) is 3.77. The van der Waals surface area contributed by atoms with E-state index >= 15 is 0 Å². The molecule has 0 atom stereocenters. The number of nitrogens with zero attached hydrogens (tertiary/aromatic N) is 1. The molecule has 1 heterocycles. The Morgan fingerprint density at radius 3 is 3.04 bits per heavy atom. The summed E-state index contributed by atoms with van der Waals surface area (Å²) < 4.78 is 5.68. The van der Waals surface area contributed by atoms with Crippen LogP contribution >= 0.6 is 23.4 Å². The van der Waals surface area contributed by atoms with Crippen LogP contribution in [0.2, 0.25) is 5.02 Å². The summed E-state index contributed by atoms with van der Waals surface area (Å²) in [4.78, 5) is 13.2. The van der Waals surface area contributed by atoms with Gasteiger partial charge in [-0.3, -0.25) is 4.79 Å². The molecular formula is C21H17ClN2O2S. The Kier molecular flexibility index (Phi) is 6.59. The van der Waals surface area contributed by atoms with Gasteiger partial charge in [-0.15, -0.1) is 11.8 Å². The van der Waals surface area contributed by atoms with E-state index in [4.69, 9.17) is 21.6 Å². The predicted molar refractivity (Wildman–Crippen MR) is 110 cm³/mol. The second-order valence-electron chi connectivity index (χ2n) is 5.77. The molecule has 1 amide bonds. The number of anilines is 1. The van der Waals surface area contributed by atoms with Crippen LogP contribution in [0.15, 0.2) is 65.1 Å². The number of nitriles is 1. The molecule has 0 saturated carbocycles. The van der Waals surface area contributed by atoms with Crippen molar-refractivity contribution in [2.45, 2.75) is 11.3 Å². The summed E-state index contributed by atoms with van der Waals surface area (Å²) in [5.74, 6) is 1.25. The number of hydrogen-bond donors (Lipinski definition) is 1. The van der Waals surface area contributed by atoms with Crippen LogP contribution in [0.1, 0.15) is 12.0 Å². The summed E-state index contributed by atoms with van der Waals surface area (Å²) in [5.41, 5.74) is 2.52. The highest BCUT2D eigenvalue weighted by Gasteiger charge is 2.11. The first-order valence-corrected chi connectivity index (χ1v) is 9.73. The molecule has 27 heavy (non-hydrogen) atoms. The maximum atomic E-state index is 12.3. The third kappa shape index (κ3) is 5.40. The average molecular weight is 397 g/mol. The van der Waals surface area contributed by atoms with E-state index in [1.165, 1.54) is 6.08 Å². The maximum absolute atomic E-state index is 12.3. The Labute approximate surface area is 167 Å².